The number of ether oxygens (including phenoxy) is 1. The summed E-state index contributed by atoms with van der Waals surface area (Å²) in [4.78, 5) is 13.3. The van der Waals surface area contributed by atoms with Gasteiger partial charge < -0.3 is 9.84 Å². The number of nitrogens with zero attached hydrogens (tertiary/aromatic N) is 3. The van der Waals surface area contributed by atoms with Crippen molar-refractivity contribution < 1.29 is 14.6 Å². The molecule has 138 valence electrons. The Morgan fingerprint density at radius 2 is 1.85 bits per heavy atom. The summed E-state index contributed by atoms with van der Waals surface area (Å²) in [6.45, 7) is 6.02. The maximum Gasteiger partial charge on any atom is 0.173 e. The number of hydrogen-bond acceptors (Lipinski definition) is 5. The zero-order chi connectivity index (χ0) is 19.0. The van der Waals surface area contributed by atoms with Crippen LogP contribution in [0.4, 0.5) is 0 Å². The maximum atomic E-state index is 13.3. The van der Waals surface area contributed by atoms with E-state index in [1.165, 1.54) is 0 Å². The highest BCUT2D eigenvalue weighted by Gasteiger charge is 2.60. The lowest BCUT2D eigenvalue weighted by Gasteiger charge is -2.20. The quantitative estimate of drug-likeness (QED) is 0.888. The van der Waals surface area contributed by atoms with E-state index < -0.39 is 0 Å². The first-order valence-corrected chi connectivity index (χ1v) is 9.16. The number of aromatic nitrogens is 3. The minimum absolute atomic E-state index is 0.0190. The van der Waals surface area contributed by atoms with Crippen LogP contribution in [-0.2, 0) is 16.6 Å². The Labute approximate surface area is 157 Å². The molecule has 6 nitrogen and oxygen atoms in total. The Kier molecular flexibility index (Phi) is 3.28. The highest BCUT2D eigenvalue weighted by molar-refractivity contribution is 6.26. The van der Waals surface area contributed by atoms with Crippen molar-refractivity contribution >= 4 is 16.9 Å². The van der Waals surface area contributed by atoms with Crippen molar-refractivity contribution in [2.75, 3.05) is 0 Å². The largest absolute Gasteiger partial charge is 0.511 e. The molecule has 2 aromatic rings. The van der Waals surface area contributed by atoms with Crippen LogP contribution in [0.3, 0.4) is 0 Å². The average molecular weight is 363 g/mol. The fourth-order valence-electron chi connectivity index (χ4n) is 5.03. The first-order valence-electron chi connectivity index (χ1n) is 9.16. The molecule has 0 saturated carbocycles. The Hall–Kier alpha value is -2.73. The summed E-state index contributed by atoms with van der Waals surface area (Å²) in [6, 6.07) is 4.11. The van der Waals surface area contributed by atoms with Crippen molar-refractivity contribution in [2.45, 2.75) is 33.0 Å². The molecule has 0 radical (unpaired) electrons. The smallest absolute Gasteiger partial charge is 0.173 e. The summed E-state index contributed by atoms with van der Waals surface area (Å²) in [7, 11) is 1.81. The average Bonchev–Trinajstić information content (AvgIpc) is 3.33. The summed E-state index contributed by atoms with van der Waals surface area (Å²) in [6.07, 6.45) is 3.12. The first-order chi connectivity index (χ1) is 12.9. The number of ketones is 1. The number of benzene rings is 1. The van der Waals surface area contributed by atoms with Crippen molar-refractivity contribution in [1.29, 1.82) is 0 Å². The van der Waals surface area contributed by atoms with Crippen LogP contribution < -0.4 is 0 Å². The molecule has 1 aliphatic carbocycles. The lowest BCUT2D eigenvalue weighted by molar-refractivity contribution is -0.118. The van der Waals surface area contributed by atoms with Crippen LogP contribution in [0.5, 0.6) is 0 Å². The molecular weight excluding hydrogens is 342 g/mol. The highest BCUT2D eigenvalue weighted by Crippen LogP contribution is 2.55. The summed E-state index contributed by atoms with van der Waals surface area (Å²) in [5.41, 5.74) is 6.14. The molecule has 4 atom stereocenters. The number of hydrogen-bond donors (Lipinski definition) is 1. The van der Waals surface area contributed by atoms with Crippen LogP contribution in [0, 0.1) is 32.6 Å². The molecule has 2 aliphatic heterocycles. The van der Waals surface area contributed by atoms with E-state index in [4.69, 9.17) is 4.74 Å². The molecule has 0 spiro atoms. The van der Waals surface area contributed by atoms with E-state index in [9.17, 15) is 9.90 Å². The van der Waals surface area contributed by atoms with E-state index in [2.05, 4.69) is 22.4 Å². The fourth-order valence-corrected chi connectivity index (χ4v) is 5.03. The van der Waals surface area contributed by atoms with Gasteiger partial charge >= 0.3 is 0 Å². The molecule has 0 unspecified atom stereocenters. The lowest BCUT2D eigenvalue weighted by Crippen LogP contribution is -2.28. The summed E-state index contributed by atoms with van der Waals surface area (Å²) in [5.74, 6) is -0.568. The normalized spacial score (nSPS) is 28.9. The molecule has 1 aromatic heterocycles. The van der Waals surface area contributed by atoms with Crippen LogP contribution in [-0.4, -0.2) is 38.1 Å². The molecule has 3 aliphatic rings. The Balaban J connectivity index is 1.61. The van der Waals surface area contributed by atoms with Gasteiger partial charge in [-0.15, -0.1) is 5.10 Å². The molecule has 1 fully saturated rings. The van der Waals surface area contributed by atoms with Gasteiger partial charge in [0.05, 0.1) is 35.8 Å². The zero-order valence-electron chi connectivity index (χ0n) is 15.7. The molecular formula is C21H21N3O3. The number of carbonyl (C=O) groups is 1. The minimum Gasteiger partial charge on any atom is -0.511 e. The highest BCUT2D eigenvalue weighted by atomic mass is 16.5. The van der Waals surface area contributed by atoms with Crippen LogP contribution in [0.1, 0.15) is 27.9 Å². The number of aliphatic hydroxyl groups excluding tert-OH is 1. The molecule has 5 rings (SSSR count). The van der Waals surface area contributed by atoms with E-state index in [0.29, 0.717) is 5.57 Å². The Bertz CT molecular complexity index is 1040. The number of Topliss-reactive ketones (excluding diaryl/α,β-unsaturated/α-hetero) is 1. The van der Waals surface area contributed by atoms with Gasteiger partial charge in [-0.05, 0) is 43.5 Å². The summed E-state index contributed by atoms with van der Waals surface area (Å²) in [5, 5.41) is 19.3. The molecule has 2 bridgehead atoms. The number of aryl methyl sites for hydroxylation is 4. The Morgan fingerprint density at radius 3 is 2.48 bits per heavy atom. The summed E-state index contributed by atoms with van der Waals surface area (Å²) >= 11 is 0. The molecule has 27 heavy (non-hydrogen) atoms. The van der Waals surface area contributed by atoms with Crippen molar-refractivity contribution in [3.63, 3.8) is 0 Å². The van der Waals surface area contributed by atoms with Gasteiger partial charge in [-0.25, -0.2) is 0 Å². The predicted molar refractivity (Wildman–Crippen MR) is 99.8 cm³/mol. The number of fused-ring (bicyclic) bond motifs is 5. The second kappa shape index (κ2) is 5.39. The van der Waals surface area contributed by atoms with Crippen LogP contribution in [0.2, 0.25) is 0 Å². The SMILES string of the molecule is Cc1cc(C)c(C2=C(O)[C@H]3[C@@H](C2=O)[C@@H]2C=C(c4cn(C)nn4)[C@H]3O2)c(C)c1. The number of aliphatic hydroxyl groups is 1. The minimum atomic E-state index is -0.357. The molecule has 1 aromatic carbocycles. The van der Waals surface area contributed by atoms with Crippen molar-refractivity contribution in [2.24, 2.45) is 18.9 Å². The lowest BCUT2D eigenvalue weighted by atomic mass is 9.79. The van der Waals surface area contributed by atoms with Crippen molar-refractivity contribution in [1.82, 2.24) is 15.0 Å². The summed E-state index contributed by atoms with van der Waals surface area (Å²) < 4.78 is 7.67. The topological polar surface area (TPSA) is 77.2 Å². The van der Waals surface area contributed by atoms with Gasteiger partial charge in [0.15, 0.2) is 5.78 Å². The second-order valence-electron chi connectivity index (χ2n) is 7.87. The van der Waals surface area contributed by atoms with Crippen molar-refractivity contribution in [3.8, 4) is 0 Å². The van der Waals surface area contributed by atoms with E-state index in [-0.39, 0.29) is 35.6 Å². The van der Waals surface area contributed by atoms with Gasteiger partial charge in [0.2, 0.25) is 0 Å². The number of allylic oxidation sites excluding steroid dienone is 1. The van der Waals surface area contributed by atoms with Gasteiger partial charge in [0.1, 0.15) is 11.5 Å². The number of rotatable bonds is 2. The molecule has 3 heterocycles. The van der Waals surface area contributed by atoms with Crippen LogP contribution in [0.15, 0.2) is 30.2 Å². The monoisotopic (exact) mass is 363 g/mol. The third kappa shape index (κ3) is 2.13. The van der Waals surface area contributed by atoms with E-state index >= 15 is 0 Å². The standard InChI is InChI=1S/C21H21N3O3/c1-9-5-10(2)15(11(3)6-9)17-19(25)16-14-7-12(13-8-24(4)23-22-13)21(27-14)18(16)20(17)26/h5-8,14,16,18,21,26H,1-4H3/t14-,16-,18+,21+/m0/s1. The number of carbonyl (C=O) groups excluding carboxylic acids is 1. The van der Waals surface area contributed by atoms with E-state index in [1.54, 1.807) is 4.68 Å². The third-order valence-corrected chi connectivity index (χ3v) is 5.97. The van der Waals surface area contributed by atoms with Gasteiger partial charge in [-0.2, -0.15) is 0 Å². The third-order valence-electron chi connectivity index (χ3n) is 5.97. The molecule has 0 amide bonds. The van der Waals surface area contributed by atoms with Gasteiger partial charge in [-0.3, -0.25) is 9.48 Å². The molecule has 6 heteroatoms. The first kappa shape index (κ1) is 16.4. The van der Waals surface area contributed by atoms with Crippen LogP contribution in [0.25, 0.3) is 11.1 Å². The molecule has 1 saturated heterocycles. The van der Waals surface area contributed by atoms with Gasteiger partial charge in [-0.1, -0.05) is 22.9 Å². The predicted octanol–water partition coefficient (Wildman–Crippen LogP) is 2.69. The van der Waals surface area contributed by atoms with Gasteiger partial charge in [0.25, 0.3) is 0 Å². The van der Waals surface area contributed by atoms with E-state index in [1.807, 2.05) is 40.1 Å². The molecule has 1 N–H and O–H groups in total. The van der Waals surface area contributed by atoms with Crippen LogP contribution >= 0.6 is 0 Å². The fraction of sp³-hybridized carbons (Fsp3) is 0.381. The van der Waals surface area contributed by atoms with Crippen molar-refractivity contribution in [3.05, 3.63) is 58.1 Å². The maximum absolute atomic E-state index is 13.3. The zero-order valence-corrected chi connectivity index (χ0v) is 15.7. The Morgan fingerprint density at radius 1 is 1.15 bits per heavy atom. The second-order valence-corrected chi connectivity index (χ2v) is 7.87. The van der Waals surface area contributed by atoms with Gasteiger partial charge in [0, 0.05) is 12.6 Å². The van der Waals surface area contributed by atoms with E-state index in [0.717, 1.165) is 33.5 Å².